The SMILES string of the molecule is Cc1nn(C2CCS(=O)(=O)C2)c(Cl)c1C=CC(=O)Nc1ccc2c(c1)CCC2. The van der Waals surface area contributed by atoms with Gasteiger partial charge in [0.1, 0.15) is 5.15 Å². The summed E-state index contributed by atoms with van der Waals surface area (Å²) in [6.07, 6.45) is 6.89. The maximum atomic E-state index is 12.3. The zero-order valence-corrected chi connectivity index (χ0v) is 17.2. The zero-order valence-electron chi connectivity index (χ0n) is 15.6. The Balaban J connectivity index is 1.48. The number of benzene rings is 1. The minimum absolute atomic E-state index is 0.0514. The number of carbonyl (C=O) groups excluding carboxylic acids is 1. The molecule has 1 N–H and O–H groups in total. The molecule has 1 atom stereocenters. The summed E-state index contributed by atoms with van der Waals surface area (Å²) in [7, 11) is -3.03. The van der Waals surface area contributed by atoms with Gasteiger partial charge in [0, 0.05) is 17.3 Å². The van der Waals surface area contributed by atoms with E-state index in [1.807, 2.05) is 12.1 Å². The number of hydrogen-bond donors (Lipinski definition) is 1. The topological polar surface area (TPSA) is 81.1 Å². The highest BCUT2D eigenvalue weighted by Crippen LogP contribution is 2.30. The first-order chi connectivity index (χ1) is 13.3. The number of aryl methyl sites for hydroxylation is 3. The van der Waals surface area contributed by atoms with Crippen LogP contribution >= 0.6 is 11.6 Å². The third-order valence-electron chi connectivity index (χ3n) is 5.39. The van der Waals surface area contributed by atoms with Crippen LogP contribution in [0.1, 0.15) is 41.3 Å². The van der Waals surface area contributed by atoms with Crippen molar-refractivity contribution in [3.8, 4) is 0 Å². The molecule has 1 aromatic heterocycles. The maximum absolute atomic E-state index is 12.3. The molecule has 2 aromatic rings. The van der Waals surface area contributed by atoms with E-state index >= 15 is 0 Å². The second-order valence-electron chi connectivity index (χ2n) is 7.45. The number of sulfone groups is 1. The molecule has 1 aliphatic carbocycles. The van der Waals surface area contributed by atoms with Crippen molar-refractivity contribution < 1.29 is 13.2 Å². The highest BCUT2D eigenvalue weighted by molar-refractivity contribution is 7.91. The van der Waals surface area contributed by atoms with Crippen molar-refractivity contribution in [1.29, 1.82) is 0 Å². The van der Waals surface area contributed by atoms with Crippen LogP contribution in [0.5, 0.6) is 0 Å². The van der Waals surface area contributed by atoms with Gasteiger partial charge in [-0.15, -0.1) is 0 Å². The molecule has 0 bridgehead atoms. The molecule has 2 heterocycles. The molecule has 8 heteroatoms. The van der Waals surface area contributed by atoms with Gasteiger partial charge < -0.3 is 5.32 Å². The molecule has 2 aliphatic rings. The third-order valence-corrected chi connectivity index (χ3v) is 7.52. The molecular formula is C20H22ClN3O3S. The summed E-state index contributed by atoms with van der Waals surface area (Å²) in [6.45, 7) is 1.80. The first-order valence-corrected chi connectivity index (χ1v) is 11.6. The van der Waals surface area contributed by atoms with Gasteiger partial charge in [0.05, 0.1) is 23.2 Å². The lowest BCUT2D eigenvalue weighted by molar-refractivity contribution is -0.111. The van der Waals surface area contributed by atoms with Crippen LogP contribution in [0.25, 0.3) is 6.08 Å². The van der Waals surface area contributed by atoms with Crippen molar-refractivity contribution in [2.45, 2.75) is 38.6 Å². The summed E-state index contributed by atoms with van der Waals surface area (Å²) in [5.74, 6) is -0.0403. The number of anilines is 1. The molecule has 6 nitrogen and oxygen atoms in total. The van der Waals surface area contributed by atoms with Gasteiger partial charge in [-0.1, -0.05) is 17.7 Å². The smallest absolute Gasteiger partial charge is 0.248 e. The molecule has 1 unspecified atom stereocenters. The Labute approximate surface area is 169 Å². The second-order valence-corrected chi connectivity index (χ2v) is 10.0. The third kappa shape index (κ3) is 3.86. The van der Waals surface area contributed by atoms with E-state index in [2.05, 4.69) is 16.5 Å². The van der Waals surface area contributed by atoms with Crippen molar-refractivity contribution in [3.63, 3.8) is 0 Å². The van der Waals surface area contributed by atoms with Gasteiger partial charge in [0.2, 0.25) is 5.91 Å². The van der Waals surface area contributed by atoms with Crippen LogP contribution in [0.15, 0.2) is 24.3 Å². The predicted octanol–water partition coefficient (Wildman–Crippen LogP) is 3.35. The molecule has 1 aromatic carbocycles. The average Bonchev–Trinajstić information content (AvgIpc) is 3.31. The van der Waals surface area contributed by atoms with E-state index in [1.165, 1.54) is 17.2 Å². The fourth-order valence-corrected chi connectivity index (χ4v) is 5.99. The fraction of sp³-hybridized carbons (Fsp3) is 0.400. The first kappa shape index (κ1) is 19.2. The Morgan fingerprint density at radius 3 is 2.86 bits per heavy atom. The van der Waals surface area contributed by atoms with Crippen molar-refractivity contribution in [1.82, 2.24) is 9.78 Å². The van der Waals surface area contributed by atoms with Crippen LogP contribution in [-0.4, -0.2) is 35.6 Å². The average molecular weight is 420 g/mol. The molecule has 148 valence electrons. The molecule has 0 spiro atoms. The van der Waals surface area contributed by atoms with Crippen LogP contribution in [0.4, 0.5) is 5.69 Å². The molecule has 28 heavy (non-hydrogen) atoms. The number of fused-ring (bicyclic) bond motifs is 1. The van der Waals surface area contributed by atoms with Gasteiger partial charge in [-0.25, -0.2) is 13.1 Å². The summed E-state index contributed by atoms with van der Waals surface area (Å²) >= 11 is 6.43. The van der Waals surface area contributed by atoms with E-state index < -0.39 is 9.84 Å². The molecule has 0 saturated carbocycles. The van der Waals surface area contributed by atoms with Gasteiger partial charge in [0.15, 0.2) is 9.84 Å². The van der Waals surface area contributed by atoms with E-state index in [1.54, 1.807) is 17.7 Å². The van der Waals surface area contributed by atoms with Crippen LogP contribution < -0.4 is 5.32 Å². The van der Waals surface area contributed by atoms with E-state index in [4.69, 9.17) is 11.6 Å². The summed E-state index contributed by atoms with van der Waals surface area (Å²) in [4.78, 5) is 12.3. The lowest BCUT2D eigenvalue weighted by atomic mass is 10.1. The highest BCUT2D eigenvalue weighted by atomic mass is 35.5. The minimum Gasteiger partial charge on any atom is -0.323 e. The summed E-state index contributed by atoms with van der Waals surface area (Å²) in [5.41, 5.74) is 4.74. The number of nitrogens with one attached hydrogen (secondary N) is 1. The number of hydrogen-bond acceptors (Lipinski definition) is 4. The van der Waals surface area contributed by atoms with Gasteiger partial charge >= 0.3 is 0 Å². The van der Waals surface area contributed by atoms with Crippen LogP contribution in [0.3, 0.4) is 0 Å². The van der Waals surface area contributed by atoms with Gasteiger partial charge in [0.25, 0.3) is 0 Å². The monoisotopic (exact) mass is 419 g/mol. The molecule has 0 radical (unpaired) electrons. The van der Waals surface area contributed by atoms with E-state index in [0.717, 1.165) is 24.9 Å². The molecule has 1 aliphatic heterocycles. The number of rotatable bonds is 4. The summed E-state index contributed by atoms with van der Waals surface area (Å²) < 4.78 is 25.0. The second kappa shape index (κ2) is 7.37. The van der Waals surface area contributed by atoms with Crippen molar-refractivity contribution >= 4 is 39.1 Å². The maximum Gasteiger partial charge on any atom is 0.248 e. The Morgan fingerprint density at radius 1 is 1.32 bits per heavy atom. The quantitative estimate of drug-likeness (QED) is 0.770. The summed E-state index contributed by atoms with van der Waals surface area (Å²) in [6, 6.07) is 5.78. The van der Waals surface area contributed by atoms with Crippen molar-refractivity contribution in [2.24, 2.45) is 0 Å². The summed E-state index contributed by atoms with van der Waals surface area (Å²) in [5, 5.41) is 7.64. The number of nitrogens with zero attached hydrogens (tertiary/aromatic N) is 2. The van der Waals surface area contributed by atoms with Crippen molar-refractivity contribution in [2.75, 3.05) is 16.8 Å². The minimum atomic E-state index is -3.03. The Bertz CT molecular complexity index is 1070. The van der Waals surface area contributed by atoms with Gasteiger partial charge in [-0.05, 0) is 61.9 Å². The predicted molar refractivity (Wildman–Crippen MR) is 110 cm³/mol. The lowest BCUT2D eigenvalue weighted by Crippen LogP contribution is -2.12. The molecule has 1 saturated heterocycles. The van der Waals surface area contributed by atoms with Crippen LogP contribution in [0, 0.1) is 6.92 Å². The number of amides is 1. The highest BCUT2D eigenvalue weighted by Gasteiger charge is 2.31. The Hall–Kier alpha value is -2.12. The largest absolute Gasteiger partial charge is 0.323 e. The van der Waals surface area contributed by atoms with Gasteiger partial charge in [-0.2, -0.15) is 5.10 Å². The van der Waals surface area contributed by atoms with Gasteiger partial charge in [-0.3, -0.25) is 4.79 Å². The number of aromatic nitrogens is 2. The van der Waals surface area contributed by atoms with E-state index in [0.29, 0.717) is 22.8 Å². The molecule has 1 fully saturated rings. The van der Waals surface area contributed by atoms with Crippen molar-refractivity contribution in [3.05, 3.63) is 51.8 Å². The zero-order chi connectivity index (χ0) is 19.9. The Kier molecular flexibility index (Phi) is 5.05. The van der Waals surface area contributed by atoms with Crippen LogP contribution in [0.2, 0.25) is 5.15 Å². The lowest BCUT2D eigenvalue weighted by Gasteiger charge is -2.09. The van der Waals surface area contributed by atoms with E-state index in [-0.39, 0.29) is 23.5 Å². The van der Waals surface area contributed by atoms with Crippen LogP contribution in [-0.2, 0) is 27.5 Å². The standard InChI is InChI=1S/C20H22ClN3O3S/c1-13-18(20(21)24(23-13)17-9-10-28(26,27)12-17)7-8-19(25)22-16-6-5-14-3-2-4-15(14)11-16/h5-8,11,17H,2-4,9-10,12H2,1H3,(H,22,25). The normalized spacial score (nSPS) is 20.6. The van der Waals surface area contributed by atoms with E-state index in [9.17, 15) is 13.2 Å². The molecular weight excluding hydrogens is 398 g/mol. The Morgan fingerprint density at radius 2 is 2.11 bits per heavy atom. The molecule has 1 amide bonds. The first-order valence-electron chi connectivity index (χ1n) is 9.38. The number of halogens is 1. The fourth-order valence-electron chi connectivity index (χ4n) is 3.92. The number of carbonyl (C=O) groups is 1. The molecule has 4 rings (SSSR count).